The third-order valence-corrected chi connectivity index (χ3v) is 4.50. The van der Waals surface area contributed by atoms with Crippen molar-refractivity contribution in [3.05, 3.63) is 29.0 Å². The monoisotopic (exact) mass is 298 g/mol. The van der Waals surface area contributed by atoms with Crippen molar-refractivity contribution in [3.8, 4) is 0 Å². The molecule has 0 saturated carbocycles. The Kier molecular flexibility index (Phi) is 5.67. The lowest BCUT2D eigenvalue weighted by Gasteiger charge is -2.35. The highest BCUT2D eigenvalue weighted by Crippen LogP contribution is 2.25. The van der Waals surface area contributed by atoms with Crippen molar-refractivity contribution in [2.75, 3.05) is 25.0 Å². The Bertz CT molecular complexity index is 430. The number of hydrogen-bond donors (Lipinski definition) is 1. The number of hydrogen-bond acceptors (Lipinski definition) is 2. The number of nitrogens with zero attached hydrogens (tertiary/aromatic N) is 1. The Hall–Kier alpha value is -0.800. The zero-order valence-electron chi connectivity index (χ0n) is 12.3. The van der Waals surface area contributed by atoms with E-state index in [0.717, 1.165) is 5.69 Å². The standard InChI is InChI=1S/C16H24ClFN2/c1-3-8-20-9-6-13(7-10-20)12(2)19-14-4-5-15(17)16(18)11-14/h4-5,11-13,19H,3,6-10H2,1-2H3. The Morgan fingerprint density at radius 3 is 2.70 bits per heavy atom. The number of benzene rings is 1. The Morgan fingerprint density at radius 2 is 2.10 bits per heavy atom. The number of anilines is 1. The molecule has 1 atom stereocenters. The molecular formula is C16H24ClFN2. The number of piperidine rings is 1. The summed E-state index contributed by atoms with van der Waals surface area (Å²) in [6.07, 6.45) is 3.65. The summed E-state index contributed by atoms with van der Waals surface area (Å²) >= 11 is 5.70. The lowest BCUT2D eigenvalue weighted by atomic mass is 9.90. The number of likely N-dealkylation sites (tertiary alicyclic amines) is 1. The minimum atomic E-state index is -0.360. The van der Waals surface area contributed by atoms with Crippen molar-refractivity contribution in [2.45, 2.75) is 39.2 Å². The molecule has 4 heteroatoms. The third kappa shape index (κ3) is 4.10. The minimum absolute atomic E-state index is 0.177. The van der Waals surface area contributed by atoms with Gasteiger partial charge in [-0.3, -0.25) is 0 Å². The largest absolute Gasteiger partial charge is 0.382 e. The van der Waals surface area contributed by atoms with Gasteiger partial charge in [-0.2, -0.15) is 0 Å². The molecule has 1 N–H and O–H groups in total. The van der Waals surface area contributed by atoms with Crippen LogP contribution in [0.1, 0.15) is 33.1 Å². The molecule has 2 rings (SSSR count). The Balaban J connectivity index is 1.86. The fourth-order valence-corrected chi connectivity index (χ4v) is 3.08. The lowest BCUT2D eigenvalue weighted by molar-refractivity contribution is 0.176. The highest BCUT2D eigenvalue weighted by molar-refractivity contribution is 6.30. The predicted octanol–water partition coefficient (Wildman–Crippen LogP) is 4.40. The van der Waals surface area contributed by atoms with Crippen LogP contribution in [0.5, 0.6) is 0 Å². The Labute approximate surface area is 126 Å². The molecule has 0 spiro atoms. The van der Waals surface area contributed by atoms with E-state index < -0.39 is 0 Å². The minimum Gasteiger partial charge on any atom is -0.382 e. The average Bonchev–Trinajstić information content (AvgIpc) is 2.44. The molecule has 20 heavy (non-hydrogen) atoms. The maximum atomic E-state index is 13.4. The van der Waals surface area contributed by atoms with E-state index in [0.29, 0.717) is 12.0 Å². The van der Waals surface area contributed by atoms with Gasteiger partial charge >= 0.3 is 0 Å². The summed E-state index contributed by atoms with van der Waals surface area (Å²) in [6, 6.07) is 5.29. The smallest absolute Gasteiger partial charge is 0.143 e. The van der Waals surface area contributed by atoms with Crippen molar-refractivity contribution in [2.24, 2.45) is 5.92 Å². The molecule has 0 amide bonds. The maximum Gasteiger partial charge on any atom is 0.143 e. The van der Waals surface area contributed by atoms with Gasteiger partial charge in [0.25, 0.3) is 0 Å². The zero-order valence-corrected chi connectivity index (χ0v) is 13.1. The predicted molar refractivity (Wildman–Crippen MR) is 83.9 cm³/mol. The van der Waals surface area contributed by atoms with Crippen LogP contribution in [0.3, 0.4) is 0 Å². The summed E-state index contributed by atoms with van der Waals surface area (Å²) < 4.78 is 13.4. The summed E-state index contributed by atoms with van der Waals surface area (Å²) in [6.45, 7) is 7.98. The van der Waals surface area contributed by atoms with Crippen LogP contribution in [0.4, 0.5) is 10.1 Å². The van der Waals surface area contributed by atoms with Crippen LogP contribution in [0.15, 0.2) is 18.2 Å². The van der Waals surface area contributed by atoms with Gasteiger partial charge in [-0.1, -0.05) is 18.5 Å². The van der Waals surface area contributed by atoms with Crippen LogP contribution in [0, 0.1) is 11.7 Å². The first kappa shape index (κ1) is 15.6. The first-order valence-corrected chi connectivity index (χ1v) is 7.92. The number of rotatable bonds is 5. The van der Waals surface area contributed by atoms with Crippen LogP contribution in [-0.4, -0.2) is 30.6 Å². The highest BCUT2D eigenvalue weighted by Gasteiger charge is 2.23. The van der Waals surface area contributed by atoms with E-state index >= 15 is 0 Å². The van der Waals surface area contributed by atoms with E-state index in [2.05, 4.69) is 24.1 Å². The average molecular weight is 299 g/mol. The van der Waals surface area contributed by atoms with Crippen molar-refractivity contribution in [1.29, 1.82) is 0 Å². The summed E-state index contributed by atoms with van der Waals surface area (Å²) in [4.78, 5) is 2.53. The van der Waals surface area contributed by atoms with Crippen molar-refractivity contribution >= 4 is 17.3 Å². The number of halogens is 2. The normalized spacial score (nSPS) is 19.0. The summed E-state index contributed by atoms with van der Waals surface area (Å²) in [7, 11) is 0. The first-order chi connectivity index (χ1) is 9.60. The van der Waals surface area contributed by atoms with E-state index in [4.69, 9.17) is 11.6 Å². The SMILES string of the molecule is CCCN1CCC(C(C)Nc2ccc(Cl)c(F)c2)CC1. The molecule has 1 aromatic rings. The van der Waals surface area contributed by atoms with Gasteiger partial charge < -0.3 is 10.2 Å². The quantitative estimate of drug-likeness (QED) is 0.866. The second kappa shape index (κ2) is 7.28. The zero-order chi connectivity index (χ0) is 14.5. The molecule has 0 aliphatic carbocycles. The fourth-order valence-electron chi connectivity index (χ4n) is 2.96. The maximum absolute atomic E-state index is 13.4. The number of nitrogens with one attached hydrogen (secondary N) is 1. The van der Waals surface area contributed by atoms with Gasteiger partial charge in [-0.05, 0) is 69.9 Å². The van der Waals surface area contributed by atoms with Gasteiger partial charge in [0.2, 0.25) is 0 Å². The van der Waals surface area contributed by atoms with E-state index in [1.54, 1.807) is 6.07 Å². The molecule has 112 valence electrons. The topological polar surface area (TPSA) is 15.3 Å². The molecule has 1 unspecified atom stereocenters. The Morgan fingerprint density at radius 1 is 1.40 bits per heavy atom. The first-order valence-electron chi connectivity index (χ1n) is 7.54. The molecule has 2 nitrogen and oxygen atoms in total. The molecule has 1 saturated heterocycles. The van der Waals surface area contributed by atoms with Crippen molar-refractivity contribution in [1.82, 2.24) is 4.90 Å². The molecule has 0 radical (unpaired) electrons. The summed E-state index contributed by atoms with van der Waals surface area (Å²) in [5.74, 6) is 0.295. The van der Waals surface area contributed by atoms with Gasteiger partial charge in [0, 0.05) is 11.7 Å². The lowest BCUT2D eigenvalue weighted by Crippen LogP contribution is -2.39. The van der Waals surface area contributed by atoms with Crippen LogP contribution < -0.4 is 5.32 Å². The molecule has 0 bridgehead atoms. The molecular weight excluding hydrogens is 275 g/mol. The van der Waals surface area contributed by atoms with Crippen LogP contribution >= 0.6 is 11.6 Å². The van der Waals surface area contributed by atoms with Gasteiger partial charge in [0.05, 0.1) is 5.02 Å². The van der Waals surface area contributed by atoms with Gasteiger partial charge in [-0.25, -0.2) is 4.39 Å². The molecule has 1 aromatic carbocycles. The molecule has 1 aliphatic heterocycles. The van der Waals surface area contributed by atoms with Crippen LogP contribution in [0.25, 0.3) is 0 Å². The molecule has 1 aliphatic rings. The second-order valence-electron chi connectivity index (χ2n) is 5.74. The van der Waals surface area contributed by atoms with Crippen LogP contribution in [0.2, 0.25) is 5.02 Å². The van der Waals surface area contributed by atoms with E-state index in [1.807, 2.05) is 6.07 Å². The van der Waals surface area contributed by atoms with E-state index in [-0.39, 0.29) is 10.8 Å². The summed E-state index contributed by atoms with van der Waals surface area (Å²) in [5.41, 5.74) is 0.815. The van der Waals surface area contributed by atoms with E-state index in [9.17, 15) is 4.39 Å². The highest BCUT2D eigenvalue weighted by atomic mass is 35.5. The van der Waals surface area contributed by atoms with Crippen molar-refractivity contribution < 1.29 is 4.39 Å². The van der Waals surface area contributed by atoms with Gasteiger partial charge in [0.1, 0.15) is 5.82 Å². The van der Waals surface area contributed by atoms with Gasteiger partial charge in [0.15, 0.2) is 0 Å². The molecule has 0 aromatic heterocycles. The van der Waals surface area contributed by atoms with Crippen LogP contribution in [-0.2, 0) is 0 Å². The summed E-state index contributed by atoms with van der Waals surface area (Å²) in [5, 5.41) is 3.59. The molecule has 1 fully saturated rings. The third-order valence-electron chi connectivity index (χ3n) is 4.19. The second-order valence-corrected chi connectivity index (χ2v) is 6.15. The van der Waals surface area contributed by atoms with E-state index in [1.165, 1.54) is 45.0 Å². The van der Waals surface area contributed by atoms with Gasteiger partial charge in [-0.15, -0.1) is 0 Å². The molecule has 1 heterocycles. The van der Waals surface area contributed by atoms with Crippen molar-refractivity contribution in [3.63, 3.8) is 0 Å². The fraction of sp³-hybridized carbons (Fsp3) is 0.625.